The molecule has 5 nitrogen and oxygen atoms in total. The molecule has 0 aliphatic heterocycles. The van der Waals surface area contributed by atoms with Gasteiger partial charge in [0.15, 0.2) is 0 Å². The second-order valence-corrected chi connectivity index (χ2v) is 10.2. The Bertz CT molecular complexity index is 1280. The van der Waals surface area contributed by atoms with E-state index in [1.165, 1.54) is 24.3 Å². The fraction of sp³-hybridized carbons (Fsp3) is 0.240. The van der Waals surface area contributed by atoms with E-state index in [4.69, 9.17) is 11.6 Å². The molecular formula is C25H24ClF3N2O3S. The van der Waals surface area contributed by atoms with Crippen molar-refractivity contribution < 1.29 is 26.4 Å². The Morgan fingerprint density at radius 2 is 1.71 bits per heavy atom. The third kappa shape index (κ3) is 6.99. The minimum atomic E-state index is -4.72. The summed E-state index contributed by atoms with van der Waals surface area (Å²) in [7, 11) is -4.39. The predicted molar refractivity (Wildman–Crippen MR) is 130 cm³/mol. The molecule has 3 aromatic rings. The molecule has 1 N–H and O–H groups in total. The monoisotopic (exact) mass is 524 g/mol. The van der Waals surface area contributed by atoms with Crippen LogP contribution in [0.3, 0.4) is 0 Å². The van der Waals surface area contributed by atoms with Crippen molar-refractivity contribution in [3.8, 4) is 0 Å². The Morgan fingerprint density at radius 1 is 1.00 bits per heavy atom. The van der Waals surface area contributed by atoms with Gasteiger partial charge >= 0.3 is 6.18 Å². The van der Waals surface area contributed by atoms with Gasteiger partial charge in [0.05, 0.1) is 21.2 Å². The normalized spacial score (nSPS) is 11.8. The molecule has 1 amide bonds. The number of carbonyl (C=O) groups excluding carboxylic acids is 1. The van der Waals surface area contributed by atoms with E-state index in [9.17, 15) is 26.4 Å². The number of hydrogen-bond donors (Lipinski definition) is 1. The quantitative estimate of drug-likeness (QED) is 0.370. The smallest absolute Gasteiger partial charge is 0.355 e. The molecule has 0 heterocycles. The number of nitrogens with zero attached hydrogens (tertiary/aromatic N) is 1. The lowest BCUT2D eigenvalue weighted by Gasteiger charge is -2.26. The highest BCUT2D eigenvalue weighted by Crippen LogP contribution is 2.37. The number of hydrogen-bond acceptors (Lipinski definition) is 3. The van der Waals surface area contributed by atoms with E-state index in [1.54, 1.807) is 6.07 Å². The van der Waals surface area contributed by atoms with Gasteiger partial charge in [-0.2, -0.15) is 13.2 Å². The van der Waals surface area contributed by atoms with Crippen molar-refractivity contribution in [3.63, 3.8) is 0 Å². The number of anilines is 1. The molecule has 0 unspecified atom stereocenters. The van der Waals surface area contributed by atoms with Gasteiger partial charge in [-0.25, -0.2) is 8.42 Å². The van der Waals surface area contributed by atoms with Crippen molar-refractivity contribution in [2.24, 2.45) is 0 Å². The third-order valence-electron chi connectivity index (χ3n) is 5.21. The summed E-state index contributed by atoms with van der Waals surface area (Å²) < 4.78 is 67.3. The summed E-state index contributed by atoms with van der Waals surface area (Å²) in [5.41, 5.74) is 0.707. The van der Waals surface area contributed by atoms with Crippen LogP contribution in [0.15, 0.2) is 77.7 Å². The summed E-state index contributed by atoms with van der Waals surface area (Å²) in [6.07, 6.45) is -3.42. The zero-order valence-electron chi connectivity index (χ0n) is 18.8. The van der Waals surface area contributed by atoms with Crippen molar-refractivity contribution in [3.05, 3.63) is 94.5 Å². The van der Waals surface area contributed by atoms with Gasteiger partial charge in [0.2, 0.25) is 5.91 Å². The lowest BCUT2D eigenvalue weighted by atomic mass is 10.1. The van der Waals surface area contributed by atoms with Crippen LogP contribution < -0.4 is 9.62 Å². The highest BCUT2D eigenvalue weighted by Gasteiger charge is 2.34. The number of halogens is 4. The molecule has 0 aromatic heterocycles. The molecule has 0 bridgehead atoms. The van der Waals surface area contributed by atoms with Crippen molar-refractivity contribution >= 4 is 33.2 Å². The summed E-state index contributed by atoms with van der Waals surface area (Å²) in [6.45, 7) is 1.51. The van der Waals surface area contributed by atoms with Crippen LogP contribution in [-0.4, -0.2) is 27.4 Å². The topological polar surface area (TPSA) is 66.5 Å². The summed E-state index contributed by atoms with van der Waals surface area (Å²) in [6, 6.07) is 17.4. The average Bonchev–Trinajstić information content (AvgIpc) is 2.80. The maximum Gasteiger partial charge on any atom is 0.416 e. The molecular weight excluding hydrogens is 501 g/mol. The molecule has 10 heteroatoms. The van der Waals surface area contributed by atoms with Crippen LogP contribution in [0.2, 0.25) is 5.02 Å². The van der Waals surface area contributed by atoms with Crippen molar-refractivity contribution in [1.29, 1.82) is 0 Å². The lowest BCUT2D eigenvalue weighted by Crippen LogP contribution is -2.41. The van der Waals surface area contributed by atoms with Gasteiger partial charge in [-0.3, -0.25) is 9.10 Å². The van der Waals surface area contributed by atoms with Crippen molar-refractivity contribution in [1.82, 2.24) is 5.32 Å². The van der Waals surface area contributed by atoms with E-state index in [0.29, 0.717) is 23.2 Å². The number of alkyl halides is 3. The fourth-order valence-electron chi connectivity index (χ4n) is 3.47. The SMILES string of the molecule is Cc1cccc(CCCNC(=O)CN(c2cc(C(F)(F)F)ccc2Cl)S(=O)(=O)c2ccccc2)c1. The van der Waals surface area contributed by atoms with Crippen LogP contribution in [0.5, 0.6) is 0 Å². The largest absolute Gasteiger partial charge is 0.416 e. The minimum absolute atomic E-state index is 0.180. The van der Waals surface area contributed by atoms with E-state index in [0.717, 1.165) is 23.3 Å². The number of aryl methyl sites for hydroxylation is 2. The first-order valence-corrected chi connectivity index (χ1v) is 12.6. The maximum atomic E-state index is 13.3. The highest BCUT2D eigenvalue weighted by molar-refractivity contribution is 7.92. The van der Waals surface area contributed by atoms with Gasteiger partial charge in [-0.1, -0.05) is 59.6 Å². The van der Waals surface area contributed by atoms with Crippen LogP contribution in [-0.2, 0) is 27.4 Å². The van der Waals surface area contributed by atoms with E-state index in [1.807, 2.05) is 31.2 Å². The van der Waals surface area contributed by atoms with Crippen LogP contribution in [0.1, 0.15) is 23.1 Å². The minimum Gasteiger partial charge on any atom is -0.355 e. The molecule has 0 spiro atoms. The Kier molecular flexibility index (Phi) is 8.45. The van der Waals surface area contributed by atoms with E-state index >= 15 is 0 Å². The summed E-state index contributed by atoms with van der Waals surface area (Å²) in [4.78, 5) is 12.5. The number of sulfonamides is 1. The molecule has 186 valence electrons. The van der Waals surface area contributed by atoms with Gasteiger partial charge in [0.1, 0.15) is 6.54 Å². The standard InChI is InChI=1S/C25H24ClF3N2O3S/c1-18-7-5-8-19(15-18)9-6-14-30-24(32)17-31(35(33,34)21-10-3-2-4-11-21)23-16-20(25(27,28)29)12-13-22(23)26/h2-5,7-8,10-13,15-16H,6,9,14,17H2,1H3,(H,30,32). The average molecular weight is 525 g/mol. The first-order chi connectivity index (χ1) is 16.5. The van der Waals surface area contributed by atoms with Crippen LogP contribution >= 0.6 is 11.6 Å². The fourth-order valence-corrected chi connectivity index (χ4v) is 5.20. The zero-order chi connectivity index (χ0) is 25.6. The van der Waals surface area contributed by atoms with Gasteiger partial charge in [-0.05, 0) is 55.7 Å². The van der Waals surface area contributed by atoms with Crippen molar-refractivity contribution in [2.75, 3.05) is 17.4 Å². The molecule has 0 saturated carbocycles. The number of carbonyl (C=O) groups is 1. The Labute approximate surface area is 207 Å². The molecule has 0 radical (unpaired) electrons. The van der Waals surface area contributed by atoms with Crippen LogP contribution in [0, 0.1) is 6.92 Å². The molecule has 0 aliphatic carbocycles. The van der Waals surface area contributed by atoms with Gasteiger partial charge in [-0.15, -0.1) is 0 Å². The molecule has 0 fully saturated rings. The number of rotatable bonds is 9. The van der Waals surface area contributed by atoms with E-state index in [-0.39, 0.29) is 16.5 Å². The Morgan fingerprint density at radius 3 is 2.37 bits per heavy atom. The first-order valence-electron chi connectivity index (χ1n) is 10.8. The summed E-state index contributed by atoms with van der Waals surface area (Å²) in [5, 5.41) is 2.41. The van der Waals surface area contributed by atoms with Crippen molar-refractivity contribution in [2.45, 2.75) is 30.8 Å². The third-order valence-corrected chi connectivity index (χ3v) is 7.30. The molecule has 3 rings (SSSR count). The summed E-state index contributed by atoms with van der Waals surface area (Å²) >= 11 is 6.12. The zero-order valence-corrected chi connectivity index (χ0v) is 20.4. The molecule has 0 atom stereocenters. The number of amides is 1. The van der Waals surface area contributed by atoms with E-state index < -0.39 is 39.9 Å². The van der Waals surface area contributed by atoms with E-state index in [2.05, 4.69) is 5.32 Å². The Balaban J connectivity index is 1.82. The second-order valence-electron chi connectivity index (χ2n) is 7.93. The maximum absolute atomic E-state index is 13.3. The molecule has 0 saturated heterocycles. The first kappa shape index (κ1) is 26.6. The second kappa shape index (κ2) is 11.1. The van der Waals surface area contributed by atoms with Crippen LogP contribution in [0.25, 0.3) is 0 Å². The van der Waals surface area contributed by atoms with Gasteiger partial charge in [0.25, 0.3) is 10.0 Å². The lowest BCUT2D eigenvalue weighted by molar-refractivity contribution is -0.137. The predicted octanol–water partition coefficient (Wildman–Crippen LogP) is 5.61. The van der Waals surface area contributed by atoms with Crippen LogP contribution in [0.4, 0.5) is 18.9 Å². The van der Waals surface area contributed by atoms with Gasteiger partial charge in [0, 0.05) is 6.54 Å². The molecule has 0 aliphatic rings. The summed E-state index contributed by atoms with van der Waals surface area (Å²) in [5.74, 6) is -0.665. The van der Waals surface area contributed by atoms with Gasteiger partial charge < -0.3 is 5.32 Å². The highest BCUT2D eigenvalue weighted by atomic mass is 35.5. The number of benzene rings is 3. The molecule has 3 aromatic carbocycles. The molecule has 35 heavy (non-hydrogen) atoms. The Hall–Kier alpha value is -3.04. The number of nitrogens with one attached hydrogen (secondary N) is 1.